The standard InChI is InChI=1S/C9H20O2/c1-8(2)4-5-9(10)6-7-11-3/h8-10H,4-7H2,1-3H3. The van der Waals surface area contributed by atoms with Crippen molar-refractivity contribution in [2.45, 2.75) is 39.2 Å². The zero-order valence-electron chi connectivity index (χ0n) is 7.84. The van der Waals surface area contributed by atoms with E-state index < -0.39 is 0 Å². The van der Waals surface area contributed by atoms with E-state index in [1.165, 1.54) is 0 Å². The molecular formula is C9H20O2. The number of rotatable bonds is 6. The van der Waals surface area contributed by atoms with Gasteiger partial charge in [-0.1, -0.05) is 13.8 Å². The maximum atomic E-state index is 9.35. The largest absolute Gasteiger partial charge is 0.393 e. The highest BCUT2D eigenvalue weighted by atomic mass is 16.5. The minimum absolute atomic E-state index is 0.169. The number of methoxy groups -OCH3 is 1. The highest BCUT2D eigenvalue weighted by Crippen LogP contribution is 2.08. The molecular weight excluding hydrogens is 140 g/mol. The van der Waals surface area contributed by atoms with Gasteiger partial charge in [-0.25, -0.2) is 0 Å². The third-order valence-electron chi connectivity index (χ3n) is 1.73. The summed E-state index contributed by atoms with van der Waals surface area (Å²) in [5, 5.41) is 9.35. The predicted molar refractivity (Wildman–Crippen MR) is 46.6 cm³/mol. The van der Waals surface area contributed by atoms with Crippen LogP contribution in [0, 0.1) is 5.92 Å². The zero-order valence-corrected chi connectivity index (χ0v) is 7.84. The first-order valence-electron chi connectivity index (χ1n) is 4.33. The summed E-state index contributed by atoms with van der Waals surface area (Å²) < 4.78 is 4.86. The molecule has 0 spiro atoms. The van der Waals surface area contributed by atoms with E-state index in [2.05, 4.69) is 13.8 Å². The molecule has 0 saturated carbocycles. The second-order valence-corrected chi connectivity index (χ2v) is 3.41. The molecule has 0 amide bonds. The van der Waals surface area contributed by atoms with Crippen LogP contribution < -0.4 is 0 Å². The molecule has 0 aromatic carbocycles. The highest BCUT2D eigenvalue weighted by Gasteiger charge is 2.04. The van der Waals surface area contributed by atoms with Crippen molar-refractivity contribution in [1.82, 2.24) is 0 Å². The lowest BCUT2D eigenvalue weighted by atomic mass is 10.0. The van der Waals surface area contributed by atoms with Crippen LogP contribution in [0.2, 0.25) is 0 Å². The first-order valence-corrected chi connectivity index (χ1v) is 4.33. The van der Waals surface area contributed by atoms with Crippen molar-refractivity contribution in [3.63, 3.8) is 0 Å². The monoisotopic (exact) mass is 160 g/mol. The van der Waals surface area contributed by atoms with E-state index in [1.54, 1.807) is 7.11 Å². The van der Waals surface area contributed by atoms with Crippen molar-refractivity contribution in [1.29, 1.82) is 0 Å². The zero-order chi connectivity index (χ0) is 8.69. The topological polar surface area (TPSA) is 29.5 Å². The molecule has 0 bridgehead atoms. The Balaban J connectivity index is 3.15. The smallest absolute Gasteiger partial charge is 0.0562 e. The van der Waals surface area contributed by atoms with E-state index in [9.17, 15) is 5.11 Å². The molecule has 1 N–H and O–H groups in total. The number of aliphatic hydroxyl groups excluding tert-OH is 1. The van der Waals surface area contributed by atoms with Gasteiger partial charge < -0.3 is 9.84 Å². The molecule has 0 saturated heterocycles. The summed E-state index contributed by atoms with van der Waals surface area (Å²) in [6.45, 7) is 5.01. The first-order chi connectivity index (χ1) is 5.16. The van der Waals surface area contributed by atoms with Crippen molar-refractivity contribution in [3.8, 4) is 0 Å². The molecule has 68 valence electrons. The molecule has 0 heterocycles. The average molecular weight is 160 g/mol. The van der Waals surface area contributed by atoms with Crippen LogP contribution in [0.1, 0.15) is 33.1 Å². The van der Waals surface area contributed by atoms with E-state index in [0.29, 0.717) is 12.5 Å². The number of aliphatic hydroxyl groups is 1. The van der Waals surface area contributed by atoms with Gasteiger partial charge in [0.05, 0.1) is 6.10 Å². The highest BCUT2D eigenvalue weighted by molar-refractivity contribution is 4.56. The summed E-state index contributed by atoms with van der Waals surface area (Å²) in [5.74, 6) is 0.687. The molecule has 0 aliphatic heterocycles. The van der Waals surface area contributed by atoms with E-state index in [0.717, 1.165) is 19.3 Å². The van der Waals surface area contributed by atoms with Gasteiger partial charge in [-0.15, -0.1) is 0 Å². The Hall–Kier alpha value is -0.0800. The SMILES string of the molecule is COCCC(O)CCC(C)C. The Morgan fingerprint density at radius 1 is 1.18 bits per heavy atom. The molecule has 1 atom stereocenters. The van der Waals surface area contributed by atoms with Crippen LogP contribution in [0.5, 0.6) is 0 Å². The van der Waals surface area contributed by atoms with Gasteiger partial charge in [0.15, 0.2) is 0 Å². The van der Waals surface area contributed by atoms with Gasteiger partial charge in [-0.3, -0.25) is 0 Å². The fourth-order valence-corrected chi connectivity index (χ4v) is 0.924. The van der Waals surface area contributed by atoms with Gasteiger partial charge in [-0.2, -0.15) is 0 Å². The summed E-state index contributed by atoms with van der Waals surface area (Å²) in [6.07, 6.45) is 2.60. The quantitative estimate of drug-likeness (QED) is 0.642. The maximum Gasteiger partial charge on any atom is 0.0562 e. The van der Waals surface area contributed by atoms with Crippen molar-refractivity contribution >= 4 is 0 Å². The molecule has 0 radical (unpaired) electrons. The van der Waals surface area contributed by atoms with Gasteiger partial charge >= 0.3 is 0 Å². The lowest BCUT2D eigenvalue weighted by Gasteiger charge is -2.10. The van der Waals surface area contributed by atoms with Gasteiger partial charge in [0.25, 0.3) is 0 Å². The third kappa shape index (κ3) is 7.82. The Morgan fingerprint density at radius 2 is 1.82 bits per heavy atom. The lowest BCUT2D eigenvalue weighted by molar-refractivity contribution is 0.0998. The van der Waals surface area contributed by atoms with Crippen molar-refractivity contribution < 1.29 is 9.84 Å². The third-order valence-corrected chi connectivity index (χ3v) is 1.73. The van der Waals surface area contributed by atoms with Crippen LogP contribution in [0.3, 0.4) is 0 Å². The first kappa shape index (κ1) is 10.9. The Bertz CT molecular complexity index is 81.6. The van der Waals surface area contributed by atoms with E-state index in [-0.39, 0.29) is 6.10 Å². The Labute approximate surface area is 69.6 Å². The van der Waals surface area contributed by atoms with Crippen molar-refractivity contribution in [2.75, 3.05) is 13.7 Å². The average Bonchev–Trinajstić information content (AvgIpc) is 1.97. The molecule has 2 nitrogen and oxygen atoms in total. The summed E-state index contributed by atoms with van der Waals surface area (Å²) in [4.78, 5) is 0. The van der Waals surface area contributed by atoms with Crippen LogP contribution in [0.15, 0.2) is 0 Å². The van der Waals surface area contributed by atoms with Crippen LogP contribution in [-0.4, -0.2) is 24.9 Å². The molecule has 0 aromatic heterocycles. The molecule has 11 heavy (non-hydrogen) atoms. The summed E-state index contributed by atoms with van der Waals surface area (Å²) >= 11 is 0. The van der Waals surface area contributed by atoms with Gasteiger partial charge in [0.1, 0.15) is 0 Å². The van der Waals surface area contributed by atoms with Crippen LogP contribution in [-0.2, 0) is 4.74 Å². The number of ether oxygens (including phenoxy) is 1. The van der Waals surface area contributed by atoms with E-state index >= 15 is 0 Å². The molecule has 2 heteroatoms. The van der Waals surface area contributed by atoms with Crippen LogP contribution >= 0.6 is 0 Å². The number of hydrogen-bond acceptors (Lipinski definition) is 2. The summed E-state index contributed by atoms with van der Waals surface area (Å²) in [5.41, 5.74) is 0. The Kier molecular flexibility index (Phi) is 6.57. The van der Waals surface area contributed by atoms with E-state index in [4.69, 9.17) is 4.74 Å². The van der Waals surface area contributed by atoms with Gasteiger partial charge in [0.2, 0.25) is 0 Å². The van der Waals surface area contributed by atoms with Crippen LogP contribution in [0.4, 0.5) is 0 Å². The lowest BCUT2D eigenvalue weighted by Crippen LogP contribution is -2.10. The van der Waals surface area contributed by atoms with E-state index in [1.807, 2.05) is 0 Å². The fourth-order valence-electron chi connectivity index (χ4n) is 0.924. The minimum Gasteiger partial charge on any atom is -0.393 e. The minimum atomic E-state index is -0.169. The van der Waals surface area contributed by atoms with Gasteiger partial charge in [0, 0.05) is 13.7 Å². The molecule has 0 aromatic rings. The van der Waals surface area contributed by atoms with Crippen molar-refractivity contribution in [3.05, 3.63) is 0 Å². The van der Waals surface area contributed by atoms with Crippen molar-refractivity contribution in [2.24, 2.45) is 5.92 Å². The van der Waals surface area contributed by atoms with Crippen LogP contribution in [0.25, 0.3) is 0 Å². The summed E-state index contributed by atoms with van der Waals surface area (Å²) in [7, 11) is 1.66. The molecule has 0 aliphatic rings. The van der Waals surface area contributed by atoms with Gasteiger partial charge in [-0.05, 0) is 25.2 Å². The molecule has 0 aliphatic carbocycles. The second kappa shape index (κ2) is 6.62. The molecule has 0 fully saturated rings. The molecule has 1 unspecified atom stereocenters. The number of hydrogen-bond donors (Lipinski definition) is 1. The molecule has 0 rings (SSSR count). The fraction of sp³-hybridized carbons (Fsp3) is 1.00. The summed E-state index contributed by atoms with van der Waals surface area (Å²) in [6, 6.07) is 0. The normalized spacial score (nSPS) is 13.9. The second-order valence-electron chi connectivity index (χ2n) is 3.41. The Morgan fingerprint density at radius 3 is 2.27 bits per heavy atom. The maximum absolute atomic E-state index is 9.35. The predicted octanol–water partition coefficient (Wildman–Crippen LogP) is 1.82.